The van der Waals surface area contributed by atoms with Crippen LogP contribution in [0, 0.1) is 0 Å². The largest absolute Gasteiger partial charge is 0.486 e. The molecule has 0 bridgehead atoms. The zero-order chi connectivity index (χ0) is 18.9. The van der Waals surface area contributed by atoms with Crippen molar-refractivity contribution in [2.24, 2.45) is 0 Å². The summed E-state index contributed by atoms with van der Waals surface area (Å²) in [5.41, 5.74) is 0.0229. The van der Waals surface area contributed by atoms with Crippen molar-refractivity contribution in [3.8, 4) is 11.5 Å². The van der Waals surface area contributed by atoms with Crippen molar-refractivity contribution in [3.63, 3.8) is 0 Å². The van der Waals surface area contributed by atoms with Crippen molar-refractivity contribution in [3.05, 3.63) is 23.8 Å². The summed E-state index contributed by atoms with van der Waals surface area (Å²) < 4.78 is 16.5. The molecule has 7 nitrogen and oxygen atoms in total. The number of rotatable bonds is 2. The van der Waals surface area contributed by atoms with E-state index in [-0.39, 0.29) is 18.0 Å². The van der Waals surface area contributed by atoms with Crippen molar-refractivity contribution in [1.82, 2.24) is 9.80 Å². The molecular weight excluding hydrogens is 336 g/mol. The lowest BCUT2D eigenvalue weighted by Crippen LogP contribution is -2.41. The molecule has 1 saturated heterocycles. The third-order valence-corrected chi connectivity index (χ3v) is 4.47. The number of ether oxygens (including phenoxy) is 3. The summed E-state index contributed by atoms with van der Waals surface area (Å²) in [5, 5.41) is 0. The zero-order valence-electron chi connectivity index (χ0n) is 15.8. The fourth-order valence-corrected chi connectivity index (χ4v) is 3.10. The summed E-state index contributed by atoms with van der Waals surface area (Å²) in [5.74, 6) is 1.16. The molecule has 1 aromatic rings. The zero-order valence-corrected chi connectivity index (χ0v) is 15.8. The molecule has 0 aromatic heterocycles. The van der Waals surface area contributed by atoms with Gasteiger partial charge >= 0.3 is 6.09 Å². The van der Waals surface area contributed by atoms with Crippen molar-refractivity contribution in [2.45, 2.75) is 38.8 Å². The number of fused-ring (bicyclic) bond motifs is 1. The van der Waals surface area contributed by atoms with Gasteiger partial charge in [-0.3, -0.25) is 4.79 Å². The van der Waals surface area contributed by atoms with Gasteiger partial charge in [0.1, 0.15) is 18.8 Å². The maximum absolute atomic E-state index is 12.8. The van der Waals surface area contributed by atoms with E-state index in [1.165, 1.54) is 0 Å². The van der Waals surface area contributed by atoms with Crippen LogP contribution in [0.3, 0.4) is 0 Å². The highest BCUT2D eigenvalue weighted by Crippen LogP contribution is 2.31. The second kappa shape index (κ2) is 7.05. The van der Waals surface area contributed by atoms with Gasteiger partial charge in [0.15, 0.2) is 11.5 Å². The molecule has 2 aliphatic heterocycles. The first kappa shape index (κ1) is 18.4. The number of hydrogen-bond acceptors (Lipinski definition) is 5. The smallest absolute Gasteiger partial charge is 0.410 e. The van der Waals surface area contributed by atoms with Crippen LogP contribution in [0.2, 0.25) is 0 Å². The third-order valence-electron chi connectivity index (χ3n) is 4.47. The number of hydrogen-bond donors (Lipinski definition) is 0. The first-order chi connectivity index (χ1) is 12.2. The lowest BCUT2D eigenvalue weighted by molar-refractivity contribution is 0.0279. The van der Waals surface area contributed by atoms with Gasteiger partial charge in [0.25, 0.3) is 5.91 Å². The number of benzene rings is 1. The molecule has 0 unspecified atom stereocenters. The maximum atomic E-state index is 12.8. The van der Waals surface area contributed by atoms with E-state index in [2.05, 4.69) is 0 Å². The van der Waals surface area contributed by atoms with Crippen LogP contribution in [0.5, 0.6) is 11.5 Å². The molecule has 0 N–H and O–H groups in total. The Morgan fingerprint density at radius 2 is 1.88 bits per heavy atom. The predicted octanol–water partition coefficient (Wildman–Crippen LogP) is 2.54. The van der Waals surface area contributed by atoms with Crippen molar-refractivity contribution in [1.29, 1.82) is 0 Å². The van der Waals surface area contributed by atoms with Gasteiger partial charge in [-0.1, -0.05) is 0 Å². The fraction of sp³-hybridized carbons (Fsp3) is 0.579. The standard InChI is InChI=1S/C19H26N2O5/c1-19(2,3)26-18(23)21-8-7-14(12-21)20(4)17(22)13-5-6-15-16(11-13)25-10-9-24-15/h5-6,11,14H,7-10,12H2,1-4H3/t14-/m1/s1. The first-order valence-corrected chi connectivity index (χ1v) is 8.89. The van der Waals surface area contributed by atoms with E-state index in [0.717, 1.165) is 6.42 Å². The van der Waals surface area contributed by atoms with Gasteiger partial charge in [0, 0.05) is 25.7 Å². The van der Waals surface area contributed by atoms with Crippen molar-refractivity contribution < 1.29 is 23.8 Å². The Morgan fingerprint density at radius 3 is 2.58 bits per heavy atom. The van der Waals surface area contributed by atoms with Crippen LogP contribution in [-0.4, -0.2) is 66.8 Å². The van der Waals surface area contributed by atoms with E-state index in [1.807, 2.05) is 20.8 Å². The van der Waals surface area contributed by atoms with E-state index in [0.29, 0.717) is 43.4 Å². The number of carbonyl (C=O) groups excluding carboxylic acids is 2. The molecule has 1 atom stereocenters. The quantitative estimate of drug-likeness (QED) is 0.809. The lowest BCUT2D eigenvalue weighted by atomic mass is 10.1. The van der Waals surface area contributed by atoms with Crippen LogP contribution in [0.1, 0.15) is 37.6 Å². The van der Waals surface area contributed by atoms with Crippen LogP contribution in [0.4, 0.5) is 4.79 Å². The monoisotopic (exact) mass is 362 g/mol. The Hall–Kier alpha value is -2.44. The summed E-state index contributed by atoms with van der Waals surface area (Å²) in [6.07, 6.45) is 0.395. The Bertz CT molecular complexity index is 698. The maximum Gasteiger partial charge on any atom is 0.410 e. The van der Waals surface area contributed by atoms with Gasteiger partial charge in [0.2, 0.25) is 0 Å². The number of likely N-dealkylation sites (tertiary alicyclic amines) is 1. The van der Waals surface area contributed by atoms with E-state index >= 15 is 0 Å². The first-order valence-electron chi connectivity index (χ1n) is 8.89. The molecule has 0 radical (unpaired) electrons. The summed E-state index contributed by atoms with van der Waals surface area (Å²) in [7, 11) is 1.77. The molecule has 7 heteroatoms. The normalized spacial score (nSPS) is 19.2. The summed E-state index contributed by atoms with van der Waals surface area (Å²) in [4.78, 5) is 28.4. The Balaban J connectivity index is 1.63. The van der Waals surface area contributed by atoms with E-state index in [9.17, 15) is 9.59 Å². The minimum atomic E-state index is -0.526. The minimum absolute atomic E-state index is 0.0387. The van der Waals surface area contributed by atoms with E-state index in [1.54, 1.807) is 35.0 Å². The van der Waals surface area contributed by atoms with Gasteiger partial charge in [-0.2, -0.15) is 0 Å². The van der Waals surface area contributed by atoms with Crippen LogP contribution in [0.15, 0.2) is 18.2 Å². The number of nitrogens with zero attached hydrogens (tertiary/aromatic N) is 2. The number of amides is 2. The van der Waals surface area contributed by atoms with Crippen molar-refractivity contribution in [2.75, 3.05) is 33.4 Å². The molecular formula is C19H26N2O5. The molecule has 26 heavy (non-hydrogen) atoms. The average molecular weight is 362 g/mol. The molecule has 0 aliphatic carbocycles. The van der Waals surface area contributed by atoms with Crippen LogP contribution >= 0.6 is 0 Å². The lowest BCUT2D eigenvalue weighted by Gasteiger charge is -2.27. The fourth-order valence-electron chi connectivity index (χ4n) is 3.10. The number of likely N-dealkylation sites (N-methyl/N-ethyl adjacent to an activating group) is 1. The minimum Gasteiger partial charge on any atom is -0.486 e. The van der Waals surface area contributed by atoms with Crippen LogP contribution in [-0.2, 0) is 4.74 Å². The van der Waals surface area contributed by atoms with Gasteiger partial charge in [-0.25, -0.2) is 4.79 Å². The highest BCUT2D eigenvalue weighted by molar-refractivity contribution is 5.95. The summed E-state index contributed by atoms with van der Waals surface area (Å²) in [6, 6.07) is 5.18. The Labute approximate surface area is 153 Å². The summed E-state index contributed by atoms with van der Waals surface area (Å²) in [6.45, 7) is 7.58. The van der Waals surface area contributed by atoms with Crippen LogP contribution in [0.25, 0.3) is 0 Å². The van der Waals surface area contributed by atoms with Gasteiger partial charge in [-0.15, -0.1) is 0 Å². The second-order valence-corrected chi connectivity index (χ2v) is 7.64. The SMILES string of the molecule is CN(C(=O)c1ccc2c(c1)OCCO2)[C@@H]1CCN(C(=O)OC(C)(C)C)C1. The number of carbonyl (C=O) groups is 2. The van der Waals surface area contributed by atoms with E-state index < -0.39 is 5.60 Å². The molecule has 1 fully saturated rings. The topological polar surface area (TPSA) is 68.3 Å². The molecule has 2 amide bonds. The molecule has 1 aromatic carbocycles. The molecule has 2 aliphatic rings. The average Bonchev–Trinajstić information content (AvgIpc) is 3.09. The van der Waals surface area contributed by atoms with Gasteiger partial charge in [0.05, 0.1) is 6.04 Å². The second-order valence-electron chi connectivity index (χ2n) is 7.64. The molecule has 3 rings (SSSR count). The predicted molar refractivity (Wildman–Crippen MR) is 95.7 cm³/mol. The molecule has 0 spiro atoms. The van der Waals surface area contributed by atoms with E-state index in [4.69, 9.17) is 14.2 Å². The third kappa shape index (κ3) is 4.03. The van der Waals surface area contributed by atoms with Gasteiger partial charge < -0.3 is 24.0 Å². The highest BCUT2D eigenvalue weighted by Gasteiger charge is 2.33. The highest BCUT2D eigenvalue weighted by atomic mass is 16.6. The molecule has 142 valence electrons. The van der Waals surface area contributed by atoms with Crippen molar-refractivity contribution >= 4 is 12.0 Å². The Kier molecular flexibility index (Phi) is 4.98. The Morgan fingerprint density at radius 1 is 1.19 bits per heavy atom. The molecule has 0 saturated carbocycles. The summed E-state index contributed by atoms with van der Waals surface area (Å²) >= 11 is 0. The van der Waals surface area contributed by atoms with Gasteiger partial charge in [-0.05, 0) is 45.4 Å². The van der Waals surface area contributed by atoms with Crippen LogP contribution < -0.4 is 9.47 Å². The molecule has 2 heterocycles.